The van der Waals surface area contributed by atoms with Crippen molar-refractivity contribution in [3.63, 3.8) is 0 Å². The van der Waals surface area contributed by atoms with Crippen LogP contribution < -0.4 is 4.90 Å². The lowest BCUT2D eigenvalue weighted by Gasteiger charge is -2.28. The van der Waals surface area contributed by atoms with Crippen LogP contribution in [0.2, 0.25) is 0 Å². The second kappa shape index (κ2) is 6.68. The number of hydrogen-bond acceptors (Lipinski definition) is 4. The molecule has 4 rings (SSSR count). The lowest BCUT2D eigenvalue weighted by molar-refractivity contribution is -0.122. The quantitative estimate of drug-likeness (QED) is 0.602. The van der Waals surface area contributed by atoms with E-state index in [9.17, 15) is 14.4 Å². The van der Waals surface area contributed by atoms with E-state index in [-0.39, 0.29) is 29.6 Å². The Bertz CT molecular complexity index is 795. The molecule has 0 N–H and O–H groups in total. The van der Waals surface area contributed by atoms with Gasteiger partial charge in [-0.3, -0.25) is 14.4 Å². The minimum absolute atomic E-state index is 0.159. The molecular weight excluding hydrogens is 332 g/mol. The molecular formula is C20H22N2O4. The lowest BCUT2D eigenvalue weighted by Crippen LogP contribution is -2.42. The molecule has 1 aromatic carbocycles. The highest BCUT2D eigenvalue weighted by molar-refractivity contribution is 6.24. The van der Waals surface area contributed by atoms with E-state index in [4.69, 9.17) is 4.74 Å². The first-order chi connectivity index (χ1) is 12.6. The topological polar surface area (TPSA) is 66.9 Å². The van der Waals surface area contributed by atoms with Gasteiger partial charge in [0.25, 0.3) is 5.91 Å². The van der Waals surface area contributed by atoms with Gasteiger partial charge in [-0.15, -0.1) is 0 Å². The van der Waals surface area contributed by atoms with Gasteiger partial charge in [-0.2, -0.15) is 0 Å². The third kappa shape index (κ3) is 2.74. The summed E-state index contributed by atoms with van der Waals surface area (Å²) in [7, 11) is 0. The molecule has 2 aliphatic heterocycles. The van der Waals surface area contributed by atoms with Crippen LogP contribution in [0.5, 0.6) is 0 Å². The number of rotatable bonds is 2. The summed E-state index contributed by atoms with van der Waals surface area (Å²) in [4.78, 5) is 41.8. The molecule has 2 heterocycles. The van der Waals surface area contributed by atoms with Gasteiger partial charge in [0.15, 0.2) is 0 Å². The normalized spacial score (nSPS) is 26.0. The fourth-order valence-corrected chi connectivity index (χ4v) is 4.06. The Morgan fingerprint density at radius 2 is 1.77 bits per heavy atom. The maximum absolute atomic E-state index is 13.0. The molecule has 26 heavy (non-hydrogen) atoms. The predicted octanol–water partition coefficient (Wildman–Crippen LogP) is 2.00. The maximum Gasteiger partial charge on any atom is 0.256 e. The van der Waals surface area contributed by atoms with Crippen LogP contribution in [0.1, 0.15) is 30.1 Å². The first kappa shape index (κ1) is 17.0. The van der Waals surface area contributed by atoms with Crippen molar-refractivity contribution < 1.29 is 19.1 Å². The van der Waals surface area contributed by atoms with Crippen LogP contribution in [0.3, 0.4) is 0 Å². The summed E-state index contributed by atoms with van der Waals surface area (Å²) in [5.41, 5.74) is 1.96. The highest BCUT2D eigenvalue weighted by atomic mass is 16.5. The number of hydrogen-bond donors (Lipinski definition) is 0. The van der Waals surface area contributed by atoms with Crippen molar-refractivity contribution in [1.82, 2.24) is 4.90 Å². The number of carbonyl (C=O) groups excluding carboxylic acids is 3. The van der Waals surface area contributed by atoms with E-state index in [1.807, 2.05) is 13.0 Å². The summed E-state index contributed by atoms with van der Waals surface area (Å²) in [6.07, 6.45) is 3.25. The average Bonchev–Trinajstić information content (AvgIpc) is 2.92. The Balaban J connectivity index is 1.67. The number of ether oxygens (including phenoxy) is 1. The van der Waals surface area contributed by atoms with Crippen LogP contribution in [0.15, 0.2) is 35.9 Å². The molecule has 2 atom stereocenters. The second-order valence-corrected chi connectivity index (χ2v) is 7.14. The summed E-state index contributed by atoms with van der Waals surface area (Å²) in [5, 5.41) is 0. The summed E-state index contributed by atoms with van der Waals surface area (Å²) < 4.78 is 5.31. The number of fused-ring (bicyclic) bond motifs is 1. The number of para-hydroxylation sites is 1. The van der Waals surface area contributed by atoms with Crippen molar-refractivity contribution in [1.29, 1.82) is 0 Å². The summed E-state index contributed by atoms with van der Waals surface area (Å²) in [6, 6.07) is 6.92. The molecule has 3 amide bonds. The molecule has 0 radical (unpaired) electrons. The van der Waals surface area contributed by atoms with Crippen LogP contribution in [-0.2, 0) is 14.3 Å². The van der Waals surface area contributed by atoms with E-state index < -0.39 is 0 Å². The Kier molecular flexibility index (Phi) is 4.36. The van der Waals surface area contributed by atoms with Crippen LogP contribution in [0.4, 0.5) is 5.69 Å². The van der Waals surface area contributed by atoms with Gasteiger partial charge in [0.1, 0.15) is 0 Å². The number of imide groups is 1. The van der Waals surface area contributed by atoms with E-state index in [2.05, 4.69) is 0 Å². The molecule has 2 saturated heterocycles. The number of anilines is 1. The molecule has 2 fully saturated rings. The van der Waals surface area contributed by atoms with Crippen molar-refractivity contribution in [2.24, 2.45) is 11.8 Å². The van der Waals surface area contributed by atoms with Gasteiger partial charge in [0.05, 0.1) is 36.3 Å². The highest BCUT2D eigenvalue weighted by Gasteiger charge is 2.49. The van der Waals surface area contributed by atoms with Crippen molar-refractivity contribution in [3.05, 3.63) is 41.5 Å². The zero-order chi connectivity index (χ0) is 18.3. The number of allylic oxidation sites excluding steroid dienone is 2. The summed E-state index contributed by atoms with van der Waals surface area (Å²) in [6.45, 7) is 4.04. The Morgan fingerprint density at radius 3 is 2.54 bits per heavy atom. The van der Waals surface area contributed by atoms with Crippen molar-refractivity contribution in [3.8, 4) is 0 Å². The minimum Gasteiger partial charge on any atom is -0.378 e. The lowest BCUT2D eigenvalue weighted by atomic mass is 9.82. The monoisotopic (exact) mass is 354 g/mol. The standard InChI is InChI=1S/C20H22N2O4/c1-13-6-7-14-16(12-13)20(25)22(19(14)24)17-5-3-2-4-15(17)18(23)21-8-10-26-11-9-21/h2-6,14,16H,7-12H2,1H3/t14-,16+/m0/s1. The molecule has 0 unspecified atom stereocenters. The predicted molar refractivity (Wildman–Crippen MR) is 95.6 cm³/mol. The van der Waals surface area contributed by atoms with Gasteiger partial charge < -0.3 is 9.64 Å². The molecule has 0 spiro atoms. The van der Waals surface area contributed by atoms with Gasteiger partial charge in [0.2, 0.25) is 11.8 Å². The van der Waals surface area contributed by atoms with Gasteiger partial charge in [-0.25, -0.2) is 4.90 Å². The third-order valence-corrected chi connectivity index (χ3v) is 5.50. The van der Waals surface area contributed by atoms with Crippen LogP contribution >= 0.6 is 0 Å². The fraction of sp³-hybridized carbons (Fsp3) is 0.450. The van der Waals surface area contributed by atoms with E-state index >= 15 is 0 Å². The van der Waals surface area contributed by atoms with Crippen LogP contribution in [0, 0.1) is 11.8 Å². The molecule has 136 valence electrons. The van der Waals surface area contributed by atoms with Gasteiger partial charge in [0, 0.05) is 13.1 Å². The molecule has 0 aromatic heterocycles. The fourth-order valence-electron chi connectivity index (χ4n) is 4.06. The van der Waals surface area contributed by atoms with Crippen LogP contribution in [-0.4, -0.2) is 48.9 Å². The summed E-state index contributed by atoms with van der Waals surface area (Å²) in [5.74, 6) is -1.15. The van der Waals surface area contributed by atoms with E-state index in [0.717, 1.165) is 5.57 Å². The zero-order valence-corrected chi connectivity index (χ0v) is 14.8. The average molecular weight is 354 g/mol. The van der Waals surface area contributed by atoms with Gasteiger partial charge in [-0.1, -0.05) is 23.8 Å². The van der Waals surface area contributed by atoms with Crippen LogP contribution in [0.25, 0.3) is 0 Å². The third-order valence-electron chi connectivity index (χ3n) is 5.50. The van der Waals surface area contributed by atoms with Crippen molar-refractivity contribution in [2.75, 3.05) is 31.2 Å². The number of amides is 3. The Morgan fingerprint density at radius 1 is 1.08 bits per heavy atom. The molecule has 0 saturated carbocycles. The van der Waals surface area contributed by atoms with E-state index in [0.29, 0.717) is 50.4 Å². The summed E-state index contributed by atoms with van der Waals surface area (Å²) >= 11 is 0. The van der Waals surface area contributed by atoms with Gasteiger partial charge in [-0.05, 0) is 31.9 Å². The molecule has 0 bridgehead atoms. The number of morpholine rings is 1. The van der Waals surface area contributed by atoms with Crippen molar-refractivity contribution in [2.45, 2.75) is 19.8 Å². The molecule has 6 heteroatoms. The highest BCUT2D eigenvalue weighted by Crippen LogP contribution is 2.40. The smallest absolute Gasteiger partial charge is 0.256 e. The second-order valence-electron chi connectivity index (χ2n) is 7.14. The van der Waals surface area contributed by atoms with E-state index in [1.54, 1.807) is 29.2 Å². The first-order valence-electron chi connectivity index (χ1n) is 9.07. The number of carbonyl (C=O) groups is 3. The SMILES string of the molecule is CC1=CC[C@@H]2C(=O)N(c3ccccc3C(=O)N3CCOCC3)C(=O)[C@@H]2C1. The minimum atomic E-state index is -0.308. The zero-order valence-electron chi connectivity index (χ0n) is 14.8. The Labute approximate surface area is 152 Å². The maximum atomic E-state index is 13.0. The molecule has 6 nitrogen and oxygen atoms in total. The molecule has 1 aromatic rings. The van der Waals surface area contributed by atoms with Crippen molar-refractivity contribution >= 4 is 23.4 Å². The number of nitrogens with zero attached hydrogens (tertiary/aromatic N) is 2. The largest absolute Gasteiger partial charge is 0.378 e. The first-order valence-corrected chi connectivity index (χ1v) is 9.07. The Hall–Kier alpha value is -2.47. The van der Waals surface area contributed by atoms with E-state index in [1.165, 1.54) is 4.90 Å². The number of benzene rings is 1. The van der Waals surface area contributed by atoms with Gasteiger partial charge >= 0.3 is 0 Å². The molecule has 1 aliphatic carbocycles. The molecule has 3 aliphatic rings.